The molecular formula is C23H24N2O2. The Morgan fingerprint density at radius 2 is 1.93 bits per heavy atom. The van der Waals surface area contributed by atoms with E-state index in [0.717, 1.165) is 28.9 Å². The minimum atomic E-state index is 0.423. The molecule has 0 saturated carbocycles. The maximum atomic E-state index is 5.85. The third kappa shape index (κ3) is 4.53. The van der Waals surface area contributed by atoms with Gasteiger partial charge in [0.05, 0.1) is 6.26 Å². The predicted octanol–water partition coefficient (Wildman–Crippen LogP) is 6.24. The normalized spacial score (nSPS) is 20.6. The van der Waals surface area contributed by atoms with Crippen molar-refractivity contribution in [3.05, 3.63) is 78.0 Å². The fraction of sp³-hybridized carbons (Fsp3) is 0.217. The first-order valence-electron chi connectivity index (χ1n) is 9.06. The van der Waals surface area contributed by atoms with Gasteiger partial charge < -0.3 is 9.15 Å². The molecule has 0 N–H and O–H groups in total. The van der Waals surface area contributed by atoms with Gasteiger partial charge in [-0.2, -0.15) is 0 Å². The maximum absolute atomic E-state index is 5.85. The Morgan fingerprint density at radius 3 is 2.63 bits per heavy atom. The van der Waals surface area contributed by atoms with E-state index >= 15 is 0 Å². The molecule has 0 fully saturated rings. The third-order valence-corrected chi connectivity index (χ3v) is 4.22. The van der Waals surface area contributed by atoms with Crippen molar-refractivity contribution >= 4 is 18.0 Å². The Hall–Kier alpha value is -3.14. The summed E-state index contributed by atoms with van der Waals surface area (Å²) in [4.78, 5) is 9.10. The van der Waals surface area contributed by atoms with Gasteiger partial charge in [0.15, 0.2) is 5.76 Å². The van der Waals surface area contributed by atoms with Gasteiger partial charge in [-0.25, -0.2) is 9.98 Å². The number of hydrogen-bond donors (Lipinski definition) is 0. The van der Waals surface area contributed by atoms with Crippen LogP contribution in [0.1, 0.15) is 44.2 Å². The highest BCUT2D eigenvalue weighted by atomic mass is 16.5. The fourth-order valence-corrected chi connectivity index (χ4v) is 2.68. The van der Waals surface area contributed by atoms with Crippen LogP contribution < -0.4 is 0 Å². The third-order valence-electron chi connectivity index (χ3n) is 4.22. The molecule has 138 valence electrons. The molecule has 4 nitrogen and oxygen atoms in total. The first-order chi connectivity index (χ1) is 13.1. The number of nitrogens with zero attached hydrogens (tertiary/aromatic N) is 2. The predicted molar refractivity (Wildman–Crippen MR) is 111 cm³/mol. The van der Waals surface area contributed by atoms with Crippen molar-refractivity contribution < 1.29 is 9.15 Å². The van der Waals surface area contributed by atoms with Crippen molar-refractivity contribution in [2.75, 3.05) is 0 Å². The number of allylic oxidation sites excluding steroid dienone is 4. The van der Waals surface area contributed by atoms with E-state index in [2.05, 4.69) is 29.6 Å². The second kappa shape index (κ2) is 8.49. The van der Waals surface area contributed by atoms with Gasteiger partial charge in [0.2, 0.25) is 11.8 Å². The first-order valence-corrected chi connectivity index (χ1v) is 9.06. The summed E-state index contributed by atoms with van der Waals surface area (Å²) >= 11 is 0. The highest BCUT2D eigenvalue weighted by Gasteiger charge is 2.12. The van der Waals surface area contributed by atoms with Gasteiger partial charge in [0.25, 0.3) is 0 Å². The number of benzene rings is 1. The molecule has 0 aliphatic carbocycles. The van der Waals surface area contributed by atoms with Crippen molar-refractivity contribution in [3.8, 4) is 11.5 Å². The van der Waals surface area contributed by atoms with Gasteiger partial charge in [-0.05, 0) is 68.7 Å². The molecule has 1 unspecified atom stereocenters. The zero-order valence-electron chi connectivity index (χ0n) is 16.0. The van der Waals surface area contributed by atoms with Gasteiger partial charge >= 0.3 is 0 Å². The van der Waals surface area contributed by atoms with E-state index in [-0.39, 0.29) is 0 Å². The van der Waals surface area contributed by atoms with Gasteiger partial charge in [-0.3, -0.25) is 0 Å². The van der Waals surface area contributed by atoms with Gasteiger partial charge in [-0.1, -0.05) is 25.7 Å². The van der Waals surface area contributed by atoms with Crippen LogP contribution in [0, 0.1) is 5.92 Å². The molecule has 0 bridgehead atoms. The van der Waals surface area contributed by atoms with Crippen LogP contribution in [0.25, 0.3) is 23.6 Å². The van der Waals surface area contributed by atoms with Crippen LogP contribution in [0.5, 0.6) is 0 Å². The van der Waals surface area contributed by atoms with E-state index < -0.39 is 0 Å². The molecule has 4 heteroatoms. The van der Waals surface area contributed by atoms with E-state index in [1.54, 1.807) is 12.3 Å². The second-order valence-electron chi connectivity index (χ2n) is 6.47. The number of aromatic nitrogens is 1. The standard InChI is InChI=1S/C23H24N2O2/c1-5-7-21-20(6-2)25-23(27-21)19-12-10-18(11-13-19)22-24-17(4)9-8-16(3)14-15-26-22/h5-7,9-16H,2,8H2,1,3-4H3/b7-5+,15-14+,17-9+,24-22?. The lowest BCUT2D eigenvalue weighted by molar-refractivity contribution is 0.467. The van der Waals surface area contributed by atoms with Crippen molar-refractivity contribution in [1.82, 2.24) is 4.98 Å². The minimum absolute atomic E-state index is 0.423. The summed E-state index contributed by atoms with van der Waals surface area (Å²) in [6, 6.07) is 7.84. The van der Waals surface area contributed by atoms with E-state index in [1.165, 1.54) is 0 Å². The van der Waals surface area contributed by atoms with Crippen LogP contribution in [0.2, 0.25) is 0 Å². The van der Waals surface area contributed by atoms with Crippen LogP contribution in [0.3, 0.4) is 0 Å². The first kappa shape index (κ1) is 18.6. The van der Waals surface area contributed by atoms with Gasteiger partial charge in [0, 0.05) is 16.8 Å². The summed E-state index contributed by atoms with van der Waals surface area (Å²) in [6.45, 7) is 9.87. The molecule has 2 heterocycles. The Labute approximate surface area is 160 Å². The zero-order chi connectivity index (χ0) is 19.2. The molecule has 1 aromatic heterocycles. The molecule has 1 aromatic carbocycles. The lowest BCUT2D eigenvalue weighted by atomic mass is 10.1. The Balaban J connectivity index is 1.90. The molecule has 0 amide bonds. The smallest absolute Gasteiger partial charge is 0.227 e. The van der Waals surface area contributed by atoms with Crippen LogP contribution >= 0.6 is 0 Å². The van der Waals surface area contributed by atoms with Gasteiger partial charge in [-0.15, -0.1) is 0 Å². The number of oxazole rings is 1. The molecular weight excluding hydrogens is 336 g/mol. The van der Waals surface area contributed by atoms with Gasteiger partial charge in [0.1, 0.15) is 5.69 Å². The quantitative estimate of drug-likeness (QED) is 0.648. The van der Waals surface area contributed by atoms with Crippen LogP contribution in [0.4, 0.5) is 0 Å². The highest BCUT2D eigenvalue weighted by Crippen LogP contribution is 2.25. The second-order valence-corrected chi connectivity index (χ2v) is 6.47. The van der Waals surface area contributed by atoms with Crippen LogP contribution in [-0.4, -0.2) is 10.9 Å². The van der Waals surface area contributed by atoms with E-state index in [4.69, 9.17) is 9.15 Å². The van der Waals surface area contributed by atoms with E-state index in [9.17, 15) is 0 Å². The summed E-state index contributed by atoms with van der Waals surface area (Å²) in [5.74, 6) is 2.27. The molecule has 1 atom stereocenters. The SMILES string of the molecule is C=Cc1nc(-c2ccc(C3=N/C(C)=C/CC(C)/C=C/O3)cc2)oc1/C=C/C. The largest absolute Gasteiger partial charge is 0.446 e. The summed E-state index contributed by atoms with van der Waals surface area (Å²) < 4.78 is 11.6. The Bertz CT molecular complexity index is 928. The monoisotopic (exact) mass is 360 g/mol. The Kier molecular flexibility index (Phi) is 5.87. The summed E-state index contributed by atoms with van der Waals surface area (Å²) in [5.41, 5.74) is 3.47. The van der Waals surface area contributed by atoms with Crippen molar-refractivity contribution in [2.24, 2.45) is 10.9 Å². The molecule has 1 aliphatic rings. The van der Waals surface area contributed by atoms with E-state index in [0.29, 0.717) is 23.5 Å². The topological polar surface area (TPSA) is 47.6 Å². The molecule has 2 aromatic rings. The number of aliphatic imine (C=N–C) groups is 1. The number of hydrogen-bond acceptors (Lipinski definition) is 4. The molecule has 27 heavy (non-hydrogen) atoms. The highest BCUT2D eigenvalue weighted by molar-refractivity contribution is 5.95. The molecule has 0 saturated heterocycles. The average Bonchev–Trinajstić information content (AvgIpc) is 3.11. The molecule has 3 rings (SSSR count). The summed E-state index contributed by atoms with van der Waals surface area (Å²) in [5, 5.41) is 0. The lowest BCUT2D eigenvalue weighted by Gasteiger charge is -2.06. The molecule has 0 spiro atoms. The van der Waals surface area contributed by atoms with E-state index in [1.807, 2.05) is 56.3 Å². The average molecular weight is 360 g/mol. The summed E-state index contributed by atoms with van der Waals surface area (Å²) in [6.07, 6.45) is 12.3. The fourth-order valence-electron chi connectivity index (χ4n) is 2.68. The van der Waals surface area contributed by atoms with Crippen LogP contribution in [-0.2, 0) is 4.74 Å². The molecule has 1 aliphatic heterocycles. The summed E-state index contributed by atoms with van der Waals surface area (Å²) in [7, 11) is 0. The van der Waals surface area contributed by atoms with Crippen molar-refractivity contribution in [2.45, 2.75) is 27.2 Å². The number of ether oxygens (including phenoxy) is 1. The van der Waals surface area contributed by atoms with Crippen molar-refractivity contribution in [1.29, 1.82) is 0 Å². The molecule has 0 radical (unpaired) electrons. The number of rotatable bonds is 4. The van der Waals surface area contributed by atoms with Crippen molar-refractivity contribution in [3.63, 3.8) is 0 Å². The van der Waals surface area contributed by atoms with Crippen LogP contribution in [0.15, 0.2) is 70.4 Å². The zero-order valence-corrected chi connectivity index (χ0v) is 16.0. The lowest BCUT2D eigenvalue weighted by Crippen LogP contribution is -2.03. The minimum Gasteiger partial charge on any atom is -0.446 e. The maximum Gasteiger partial charge on any atom is 0.227 e. The Morgan fingerprint density at radius 1 is 1.19 bits per heavy atom.